The zero-order chi connectivity index (χ0) is 11.5. The van der Waals surface area contributed by atoms with Gasteiger partial charge in [0, 0.05) is 19.4 Å². The summed E-state index contributed by atoms with van der Waals surface area (Å²) in [5, 5.41) is 7.40. The van der Waals surface area contributed by atoms with E-state index < -0.39 is 0 Å². The van der Waals surface area contributed by atoms with E-state index in [1.807, 2.05) is 18.8 Å². The van der Waals surface area contributed by atoms with Crippen LogP contribution in [-0.4, -0.2) is 26.8 Å². The van der Waals surface area contributed by atoms with Gasteiger partial charge in [-0.3, -0.25) is 14.6 Å². The maximum Gasteiger partial charge on any atom is 0.0946 e. The molecule has 0 fully saturated rings. The van der Waals surface area contributed by atoms with Crippen molar-refractivity contribution in [3.05, 3.63) is 40.6 Å². The highest BCUT2D eigenvalue weighted by Gasteiger charge is 2.20. The summed E-state index contributed by atoms with van der Waals surface area (Å²) in [4.78, 5) is 8.38. The molecule has 16 heavy (non-hydrogen) atoms. The second kappa shape index (κ2) is 4.71. The molecular weight excluding hydrogens is 270 g/mol. The van der Waals surface area contributed by atoms with E-state index in [2.05, 4.69) is 36.3 Å². The Morgan fingerprint density at radius 3 is 2.69 bits per heavy atom. The number of aromatic nitrogens is 4. The number of halogens is 1. The summed E-state index contributed by atoms with van der Waals surface area (Å²) in [5.41, 5.74) is 1.90. The number of hydrogen-bond donors (Lipinski definition) is 1. The molecule has 0 aromatic carbocycles. The third-order valence-corrected chi connectivity index (χ3v) is 2.99. The molecule has 0 amide bonds. The predicted octanol–water partition coefficient (Wildman–Crippen LogP) is 1.28. The SMILES string of the molecule is CNC(c1cnccn1)c1c(Br)cnn1C. The predicted molar refractivity (Wildman–Crippen MR) is 63.8 cm³/mol. The molecule has 0 saturated heterocycles. The van der Waals surface area contributed by atoms with Crippen molar-refractivity contribution in [1.29, 1.82) is 0 Å². The van der Waals surface area contributed by atoms with Gasteiger partial charge in [-0.2, -0.15) is 5.10 Å². The average molecular weight is 282 g/mol. The highest BCUT2D eigenvalue weighted by Crippen LogP contribution is 2.26. The lowest BCUT2D eigenvalue weighted by molar-refractivity contribution is 0.590. The molecular formula is C10H12BrN5. The van der Waals surface area contributed by atoms with Crippen LogP contribution in [0.25, 0.3) is 0 Å². The Kier molecular flexibility index (Phi) is 3.31. The zero-order valence-corrected chi connectivity index (χ0v) is 10.6. The van der Waals surface area contributed by atoms with E-state index in [-0.39, 0.29) is 6.04 Å². The van der Waals surface area contributed by atoms with Crippen LogP contribution in [0.15, 0.2) is 29.3 Å². The molecule has 6 heteroatoms. The molecule has 0 saturated carbocycles. The summed E-state index contributed by atoms with van der Waals surface area (Å²) in [5.74, 6) is 0. The van der Waals surface area contributed by atoms with Crippen LogP contribution in [0.2, 0.25) is 0 Å². The first kappa shape index (κ1) is 11.2. The van der Waals surface area contributed by atoms with Crippen LogP contribution >= 0.6 is 15.9 Å². The number of nitrogens with zero attached hydrogens (tertiary/aromatic N) is 4. The summed E-state index contributed by atoms with van der Waals surface area (Å²) in [6.45, 7) is 0. The molecule has 0 radical (unpaired) electrons. The van der Waals surface area contributed by atoms with Crippen LogP contribution < -0.4 is 5.32 Å². The Morgan fingerprint density at radius 1 is 1.38 bits per heavy atom. The van der Waals surface area contributed by atoms with Crippen molar-refractivity contribution >= 4 is 15.9 Å². The minimum atomic E-state index is -0.0180. The van der Waals surface area contributed by atoms with Crippen molar-refractivity contribution < 1.29 is 0 Å². The van der Waals surface area contributed by atoms with Crippen LogP contribution in [0.3, 0.4) is 0 Å². The van der Waals surface area contributed by atoms with E-state index in [0.29, 0.717) is 0 Å². The van der Waals surface area contributed by atoms with E-state index in [1.54, 1.807) is 24.8 Å². The Morgan fingerprint density at radius 2 is 2.19 bits per heavy atom. The van der Waals surface area contributed by atoms with Gasteiger partial charge >= 0.3 is 0 Å². The smallest absolute Gasteiger partial charge is 0.0946 e. The summed E-state index contributed by atoms with van der Waals surface area (Å²) in [6.07, 6.45) is 6.87. The fraction of sp³-hybridized carbons (Fsp3) is 0.300. The third-order valence-electron chi connectivity index (χ3n) is 2.38. The van der Waals surface area contributed by atoms with Crippen LogP contribution in [0.1, 0.15) is 17.4 Å². The Balaban J connectivity index is 2.45. The van der Waals surface area contributed by atoms with Crippen LogP contribution in [0, 0.1) is 0 Å². The lowest BCUT2D eigenvalue weighted by atomic mass is 10.1. The van der Waals surface area contributed by atoms with Crippen LogP contribution in [0.4, 0.5) is 0 Å². The fourth-order valence-electron chi connectivity index (χ4n) is 1.63. The van der Waals surface area contributed by atoms with Gasteiger partial charge in [-0.1, -0.05) is 0 Å². The van der Waals surface area contributed by atoms with Gasteiger partial charge in [0.05, 0.1) is 34.3 Å². The van der Waals surface area contributed by atoms with Gasteiger partial charge in [0.1, 0.15) is 0 Å². The Labute approximate surface area is 102 Å². The van der Waals surface area contributed by atoms with Crippen molar-refractivity contribution in [2.45, 2.75) is 6.04 Å². The van der Waals surface area contributed by atoms with Gasteiger partial charge in [0.2, 0.25) is 0 Å². The molecule has 2 heterocycles. The van der Waals surface area contributed by atoms with E-state index in [1.165, 1.54) is 0 Å². The first-order chi connectivity index (χ1) is 7.74. The van der Waals surface area contributed by atoms with E-state index >= 15 is 0 Å². The summed E-state index contributed by atoms with van der Waals surface area (Å²) >= 11 is 3.48. The van der Waals surface area contributed by atoms with Crippen molar-refractivity contribution in [3.63, 3.8) is 0 Å². The lowest BCUT2D eigenvalue weighted by Crippen LogP contribution is -2.22. The quantitative estimate of drug-likeness (QED) is 0.921. The van der Waals surface area contributed by atoms with Crippen molar-refractivity contribution in [1.82, 2.24) is 25.1 Å². The molecule has 5 nitrogen and oxygen atoms in total. The molecule has 1 N–H and O–H groups in total. The number of rotatable bonds is 3. The zero-order valence-electron chi connectivity index (χ0n) is 9.05. The minimum Gasteiger partial charge on any atom is -0.307 e. The first-order valence-electron chi connectivity index (χ1n) is 4.84. The molecule has 0 bridgehead atoms. The maximum atomic E-state index is 4.30. The molecule has 0 aliphatic rings. The molecule has 1 atom stereocenters. The van der Waals surface area contributed by atoms with Crippen LogP contribution in [0.5, 0.6) is 0 Å². The number of hydrogen-bond acceptors (Lipinski definition) is 4. The number of nitrogens with one attached hydrogen (secondary N) is 1. The van der Waals surface area contributed by atoms with Crippen LogP contribution in [-0.2, 0) is 7.05 Å². The minimum absolute atomic E-state index is 0.0180. The average Bonchev–Trinajstić information content (AvgIpc) is 2.63. The first-order valence-corrected chi connectivity index (χ1v) is 5.64. The Hall–Kier alpha value is -1.27. The van der Waals surface area contributed by atoms with Gasteiger partial charge < -0.3 is 5.32 Å². The highest BCUT2D eigenvalue weighted by atomic mass is 79.9. The largest absolute Gasteiger partial charge is 0.307 e. The molecule has 2 rings (SSSR count). The monoisotopic (exact) mass is 281 g/mol. The van der Waals surface area contributed by atoms with Gasteiger partial charge in [0.25, 0.3) is 0 Å². The molecule has 0 aliphatic heterocycles. The van der Waals surface area contributed by atoms with Gasteiger partial charge in [-0.25, -0.2) is 0 Å². The highest BCUT2D eigenvalue weighted by molar-refractivity contribution is 9.10. The number of aryl methyl sites for hydroxylation is 1. The van der Waals surface area contributed by atoms with E-state index in [4.69, 9.17) is 0 Å². The molecule has 2 aromatic heterocycles. The van der Waals surface area contributed by atoms with E-state index in [9.17, 15) is 0 Å². The normalized spacial score (nSPS) is 12.7. The van der Waals surface area contributed by atoms with Crippen molar-refractivity contribution in [2.24, 2.45) is 7.05 Å². The van der Waals surface area contributed by atoms with Gasteiger partial charge in [-0.05, 0) is 23.0 Å². The third kappa shape index (κ3) is 1.98. The molecule has 0 aliphatic carbocycles. The van der Waals surface area contributed by atoms with Gasteiger partial charge in [-0.15, -0.1) is 0 Å². The second-order valence-electron chi connectivity index (χ2n) is 3.35. The van der Waals surface area contributed by atoms with E-state index in [0.717, 1.165) is 15.9 Å². The summed E-state index contributed by atoms with van der Waals surface area (Å²) in [6, 6.07) is -0.0180. The molecule has 2 aromatic rings. The molecule has 1 unspecified atom stereocenters. The summed E-state index contributed by atoms with van der Waals surface area (Å²) < 4.78 is 2.78. The standard InChI is InChI=1S/C10H12BrN5/c1-12-9(8-6-13-3-4-14-8)10-7(11)5-15-16(10)2/h3-6,9,12H,1-2H3. The lowest BCUT2D eigenvalue weighted by Gasteiger charge is -2.16. The topological polar surface area (TPSA) is 55.6 Å². The van der Waals surface area contributed by atoms with Crippen molar-refractivity contribution in [3.8, 4) is 0 Å². The fourth-order valence-corrected chi connectivity index (χ4v) is 2.21. The summed E-state index contributed by atoms with van der Waals surface area (Å²) in [7, 11) is 3.79. The second-order valence-corrected chi connectivity index (χ2v) is 4.21. The Bertz CT molecular complexity index is 448. The van der Waals surface area contributed by atoms with Gasteiger partial charge in [0.15, 0.2) is 0 Å². The maximum absolute atomic E-state index is 4.30. The molecule has 0 spiro atoms. The molecule has 84 valence electrons. The van der Waals surface area contributed by atoms with Crippen molar-refractivity contribution in [2.75, 3.05) is 7.05 Å².